The van der Waals surface area contributed by atoms with Crippen molar-refractivity contribution < 1.29 is 14.3 Å². The van der Waals surface area contributed by atoms with Gasteiger partial charge in [0.25, 0.3) is 5.91 Å². The van der Waals surface area contributed by atoms with Crippen molar-refractivity contribution in [2.45, 2.75) is 25.4 Å². The largest absolute Gasteiger partial charge is 0.482 e. The molecule has 1 fully saturated rings. The summed E-state index contributed by atoms with van der Waals surface area (Å²) in [6.45, 7) is 1.60. The molecular weight excluding hydrogens is 292 g/mol. The fourth-order valence-corrected chi connectivity index (χ4v) is 2.13. The van der Waals surface area contributed by atoms with E-state index in [4.69, 9.17) is 21.1 Å². The number of hydrogen-bond donors (Lipinski definition) is 2. The van der Waals surface area contributed by atoms with Crippen LogP contribution < -0.4 is 15.4 Å². The second-order valence-corrected chi connectivity index (χ2v) is 5.42. The van der Waals surface area contributed by atoms with Crippen LogP contribution in [-0.2, 0) is 16.1 Å². The lowest BCUT2D eigenvalue weighted by Gasteiger charge is -2.13. The number of nitrogens with one attached hydrogen (secondary N) is 2. The van der Waals surface area contributed by atoms with Crippen molar-refractivity contribution >= 4 is 17.5 Å². The molecule has 116 valence electrons. The van der Waals surface area contributed by atoms with E-state index in [1.165, 1.54) is 12.8 Å². The van der Waals surface area contributed by atoms with E-state index < -0.39 is 0 Å². The van der Waals surface area contributed by atoms with Crippen LogP contribution in [0.2, 0.25) is 5.02 Å². The molecule has 1 saturated carbocycles. The Morgan fingerprint density at radius 2 is 2.24 bits per heavy atom. The quantitative estimate of drug-likeness (QED) is 0.682. The first-order chi connectivity index (χ1) is 10.2. The highest BCUT2D eigenvalue weighted by Gasteiger charge is 2.21. The Bertz CT molecular complexity index is 478. The highest BCUT2D eigenvalue weighted by atomic mass is 35.5. The van der Waals surface area contributed by atoms with Gasteiger partial charge in [-0.25, -0.2) is 0 Å². The Morgan fingerprint density at radius 3 is 2.95 bits per heavy atom. The summed E-state index contributed by atoms with van der Waals surface area (Å²) in [6, 6.07) is 6.21. The first-order valence-corrected chi connectivity index (χ1v) is 7.47. The summed E-state index contributed by atoms with van der Waals surface area (Å²) in [7, 11) is 1.59. The molecule has 0 aromatic heterocycles. The summed E-state index contributed by atoms with van der Waals surface area (Å²) < 4.78 is 10.5. The summed E-state index contributed by atoms with van der Waals surface area (Å²) in [5.41, 5.74) is 0.971. The summed E-state index contributed by atoms with van der Waals surface area (Å²) in [4.78, 5) is 11.6. The van der Waals surface area contributed by atoms with E-state index in [0.717, 1.165) is 5.56 Å². The van der Waals surface area contributed by atoms with Crippen LogP contribution >= 0.6 is 11.6 Å². The van der Waals surface area contributed by atoms with Crippen LogP contribution in [0.5, 0.6) is 5.75 Å². The van der Waals surface area contributed by atoms with Crippen molar-refractivity contribution in [3.05, 3.63) is 28.8 Å². The third kappa shape index (κ3) is 5.53. The number of benzene rings is 1. The zero-order valence-corrected chi connectivity index (χ0v) is 12.9. The van der Waals surface area contributed by atoms with Crippen LogP contribution in [0.4, 0.5) is 0 Å². The molecule has 1 aliphatic rings. The van der Waals surface area contributed by atoms with Crippen molar-refractivity contribution in [3.8, 4) is 5.75 Å². The SMILES string of the molecule is COCCNC(=O)COc1c(Cl)cccc1CNC1CC1. The predicted molar refractivity (Wildman–Crippen MR) is 81.7 cm³/mol. The molecule has 21 heavy (non-hydrogen) atoms. The molecule has 0 saturated heterocycles. The van der Waals surface area contributed by atoms with E-state index in [1.54, 1.807) is 13.2 Å². The van der Waals surface area contributed by atoms with E-state index >= 15 is 0 Å². The first-order valence-electron chi connectivity index (χ1n) is 7.10. The molecule has 6 heteroatoms. The minimum absolute atomic E-state index is 0.0517. The third-order valence-electron chi connectivity index (χ3n) is 3.18. The lowest BCUT2D eigenvalue weighted by Crippen LogP contribution is -2.31. The van der Waals surface area contributed by atoms with Gasteiger partial charge in [0.05, 0.1) is 11.6 Å². The summed E-state index contributed by atoms with van der Waals surface area (Å²) in [6.07, 6.45) is 2.44. The maximum atomic E-state index is 11.6. The molecule has 0 unspecified atom stereocenters. The Balaban J connectivity index is 1.86. The van der Waals surface area contributed by atoms with E-state index in [9.17, 15) is 4.79 Å². The van der Waals surface area contributed by atoms with Crippen molar-refractivity contribution in [1.82, 2.24) is 10.6 Å². The van der Waals surface area contributed by atoms with Gasteiger partial charge in [-0.2, -0.15) is 0 Å². The fourth-order valence-electron chi connectivity index (χ4n) is 1.88. The number of halogens is 1. The molecule has 2 rings (SSSR count). The number of ether oxygens (including phenoxy) is 2. The standard InChI is InChI=1S/C15H21ClN2O3/c1-20-8-7-17-14(19)10-21-15-11(3-2-4-13(15)16)9-18-12-5-6-12/h2-4,12,18H,5-10H2,1H3,(H,17,19). The smallest absolute Gasteiger partial charge is 0.258 e. The molecule has 0 heterocycles. The normalized spacial score (nSPS) is 14.0. The second kappa shape index (κ2) is 8.22. The molecule has 1 aromatic carbocycles. The molecule has 0 aliphatic heterocycles. The zero-order chi connectivity index (χ0) is 15.1. The van der Waals surface area contributed by atoms with Gasteiger partial charge in [-0.1, -0.05) is 23.7 Å². The van der Waals surface area contributed by atoms with Gasteiger partial charge in [0.2, 0.25) is 0 Å². The summed E-state index contributed by atoms with van der Waals surface area (Å²) in [5.74, 6) is 0.391. The average Bonchev–Trinajstić information content (AvgIpc) is 3.28. The van der Waals surface area contributed by atoms with Crippen LogP contribution in [0.25, 0.3) is 0 Å². The Morgan fingerprint density at radius 1 is 1.43 bits per heavy atom. The molecule has 0 bridgehead atoms. The molecule has 0 atom stereocenters. The van der Waals surface area contributed by atoms with E-state index in [1.807, 2.05) is 12.1 Å². The number of hydrogen-bond acceptors (Lipinski definition) is 4. The average molecular weight is 313 g/mol. The number of rotatable bonds is 9. The van der Waals surface area contributed by atoms with Crippen molar-refractivity contribution in [2.24, 2.45) is 0 Å². The molecule has 1 aliphatic carbocycles. The lowest BCUT2D eigenvalue weighted by molar-refractivity contribution is -0.123. The van der Waals surface area contributed by atoms with Gasteiger partial charge >= 0.3 is 0 Å². The maximum Gasteiger partial charge on any atom is 0.258 e. The van der Waals surface area contributed by atoms with Crippen LogP contribution in [0, 0.1) is 0 Å². The molecular formula is C15H21ClN2O3. The van der Waals surface area contributed by atoms with Gasteiger partial charge in [0, 0.05) is 31.8 Å². The van der Waals surface area contributed by atoms with E-state index in [-0.39, 0.29) is 12.5 Å². The highest BCUT2D eigenvalue weighted by molar-refractivity contribution is 6.32. The highest BCUT2D eigenvalue weighted by Crippen LogP contribution is 2.29. The number of carbonyl (C=O) groups is 1. The van der Waals surface area contributed by atoms with Crippen LogP contribution in [0.3, 0.4) is 0 Å². The molecule has 5 nitrogen and oxygen atoms in total. The van der Waals surface area contributed by atoms with Gasteiger partial charge in [0.15, 0.2) is 6.61 Å². The minimum Gasteiger partial charge on any atom is -0.482 e. The molecule has 2 N–H and O–H groups in total. The summed E-state index contributed by atoms with van der Waals surface area (Å²) in [5, 5.41) is 6.64. The number of carbonyl (C=O) groups excluding carboxylic acids is 1. The fraction of sp³-hybridized carbons (Fsp3) is 0.533. The number of methoxy groups -OCH3 is 1. The molecule has 0 spiro atoms. The second-order valence-electron chi connectivity index (χ2n) is 5.01. The number of para-hydroxylation sites is 1. The van der Waals surface area contributed by atoms with Gasteiger partial charge < -0.3 is 20.1 Å². The monoisotopic (exact) mass is 312 g/mol. The summed E-state index contributed by atoms with van der Waals surface area (Å²) >= 11 is 6.17. The molecule has 0 radical (unpaired) electrons. The lowest BCUT2D eigenvalue weighted by atomic mass is 10.2. The predicted octanol–water partition coefficient (Wildman–Crippen LogP) is 1.73. The van der Waals surface area contributed by atoms with Crippen LogP contribution in [0.1, 0.15) is 18.4 Å². The topological polar surface area (TPSA) is 59.6 Å². The Labute approximate surface area is 130 Å². The number of amides is 1. The Hall–Kier alpha value is -1.30. The van der Waals surface area contributed by atoms with Crippen molar-refractivity contribution in [1.29, 1.82) is 0 Å². The van der Waals surface area contributed by atoms with E-state index in [0.29, 0.717) is 36.5 Å². The Kier molecular flexibility index (Phi) is 6.29. The van der Waals surface area contributed by atoms with Gasteiger partial charge in [0.1, 0.15) is 5.75 Å². The van der Waals surface area contributed by atoms with Crippen LogP contribution in [-0.4, -0.2) is 38.8 Å². The van der Waals surface area contributed by atoms with Gasteiger partial charge in [-0.15, -0.1) is 0 Å². The van der Waals surface area contributed by atoms with Crippen LogP contribution in [0.15, 0.2) is 18.2 Å². The zero-order valence-electron chi connectivity index (χ0n) is 12.2. The van der Waals surface area contributed by atoms with Crippen molar-refractivity contribution in [2.75, 3.05) is 26.9 Å². The van der Waals surface area contributed by atoms with Crippen molar-refractivity contribution in [3.63, 3.8) is 0 Å². The molecule has 1 amide bonds. The van der Waals surface area contributed by atoms with Gasteiger partial charge in [-0.3, -0.25) is 4.79 Å². The third-order valence-corrected chi connectivity index (χ3v) is 3.48. The maximum absolute atomic E-state index is 11.6. The molecule has 1 aromatic rings. The minimum atomic E-state index is -0.187. The van der Waals surface area contributed by atoms with E-state index in [2.05, 4.69) is 10.6 Å². The first kappa shape index (κ1) is 16.1. The van der Waals surface area contributed by atoms with Gasteiger partial charge in [-0.05, 0) is 18.9 Å².